The first kappa shape index (κ1) is 23.1. The molecule has 1 aliphatic rings. The molecular weight excluding hydrogens is 436 g/mol. The van der Waals surface area contributed by atoms with Gasteiger partial charge < -0.3 is 15.0 Å². The van der Waals surface area contributed by atoms with Crippen LogP contribution in [0.4, 0.5) is 5.82 Å². The molecular formula is C26H29ClN4O2. The molecule has 0 bridgehead atoms. The molecule has 1 atom stereocenters. The number of halogens is 1. The third-order valence-electron chi connectivity index (χ3n) is 5.77. The van der Waals surface area contributed by atoms with Crippen molar-refractivity contribution >= 4 is 23.3 Å². The summed E-state index contributed by atoms with van der Waals surface area (Å²) in [5.74, 6) is 1.63. The zero-order chi connectivity index (χ0) is 23.2. The molecule has 1 unspecified atom stereocenters. The smallest absolute Gasteiger partial charge is 0.225 e. The Morgan fingerprint density at radius 1 is 1.09 bits per heavy atom. The fourth-order valence-corrected chi connectivity index (χ4v) is 4.30. The zero-order valence-electron chi connectivity index (χ0n) is 19.1. The van der Waals surface area contributed by atoms with Crippen molar-refractivity contribution in [2.45, 2.75) is 26.7 Å². The van der Waals surface area contributed by atoms with E-state index >= 15 is 0 Å². The average molecular weight is 465 g/mol. The Kier molecular flexibility index (Phi) is 7.45. The molecule has 0 saturated carbocycles. The summed E-state index contributed by atoms with van der Waals surface area (Å²) in [4.78, 5) is 14.9. The molecule has 1 aliphatic heterocycles. The highest BCUT2D eigenvalue weighted by Gasteiger charge is 2.26. The molecule has 2 heterocycles. The van der Waals surface area contributed by atoms with E-state index in [1.165, 1.54) is 11.1 Å². The van der Waals surface area contributed by atoms with E-state index in [1.807, 2.05) is 62.4 Å². The SMILES string of the molecule is Cc1cc(C)cc(OCCNC(=O)C2CCCN(c3ccc(-c4ccc(Cl)cc4)nn3)C2)c1. The van der Waals surface area contributed by atoms with Gasteiger partial charge in [-0.05, 0) is 74.2 Å². The summed E-state index contributed by atoms with van der Waals surface area (Å²) in [6.07, 6.45) is 1.81. The largest absolute Gasteiger partial charge is 0.492 e. The van der Waals surface area contributed by atoms with E-state index in [0.29, 0.717) is 24.7 Å². The highest BCUT2D eigenvalue weighted by Crippen LogP contribution is 2.24. The van der Waals surface area contributed by atoms with Gasteiger partial charge in [0.2, 0.25) is 5.91 Å². The van der Waals surface area contributed by atoms with Gasteiger partial charge in [0.1, 0.15) is 12.4 Å². The molecule has 4 rings (SSSR count). The molecule has 1 saturated heterocycles. The Bertz CT molecular complexity index is 1070. The number of benzene rings is 2. The van der Waals surface area contributed by atoms with Gasteiger partial charge in [0.05, 0.1) is 18.2 Å². The maximum atomic E-state index is 12.7. The van der Waals surface area contributed by atoms with Crippen LogP contribution in [0.5, 0.6) is 5.75 Å². The average Bonchev–Trinajstić information content (AvgIpc) is 2.82. The van der Waals surface area contributed by atoms with Gasteiger partial charge in [-0.15, -0.1) is 10.2 Å². The van der Waals surface area contributed by atoms with E-state index in [0.717, 1.165) is 42.2 Å². The molecule has 6 nitrogen and oxygen atoms in total. The van der Waals surface area contributed by atoms with Gasteiger partial charge in [-0.2, -0.15) is 0 Å². The summed E-state index contributed by atoms with van der Waals surface area (Å²) in [7, 11) is 0. The molecule has 1 aromatic heterocycles. The second-order valence-electron chi connectivity index (χ2n) is 8.53. The number of carbonyl (C=O) groups is 1. The summed E-state index contributed by atoms with van der Waals surface area (Å²) >= 11 is 5.96. The second kappa shape index (κ2) is 10.7. The highest BCUT2D eigenvalue weighted by atomic mass is 35.5. The van der Waals surface area contributed by atoms with Crippen molar-refractivity contribution < 1.29 is 9.53 Å². The normalized spacial score (nSPS) is 15.8. The zero-order valence-corrected chi connectivity index (χ0v) is 19.8. The summed E-state index contributed by atoms with van der Waals surface area (Å²) in [6.45, 7) is 6.53. The van der Waals surface area contributed by atoms with Crippen LogP contribution in [0, 0.1) is 19.8 Å². The Balaban J connectivity index is 1.27. The fourth-order valence-electron chi connectivity index (χ4n) is 4.17. The minimum absolute atomic E-state index is 0.0643. The van der Waals surface area contributed by atoms with Gasteiger partial charge >= 0.3 is 0 Å². The number of carbonyl (C=O) groups excluding carboxylic acids is 1. The summed E-state index contributed by atoms with van der Waals surface area (Å²) in [5.41, 5.74) is 4.10. The molecule has 33 heavy (non-hydrogen) atoms. The lowest BCUT2D eigenvalue weighted by atomic mass is 9.97. The van der Waals surface area contributed by atoms with Gasteiger partial charge in [0.15, 0.2) is 5.82 Å². The van der Waals surface area contributed by atoms with Crippen LogP contribution in [-0.2, 0) is 4.79 Å². The maximum Gasteiger partial charge on any atom is 0.225 e. The third kappa shape index (κ3) is 6.23. The second-order valence-corrected chi connectivity index (χ2v) is 8.97. The molecule has 3 aromatic rings. The molecule has 1 fully saturated rings. The van der Waals surface area contributed by atoms with Crippen molar-refractivity contribution in [2.24, 2.45) is 5.92 Å². The lowest BCUT2D eigenvalue weighted by Crippen LogP contribution is -2.44. The van der Waals surface area contributed by atoms with Gasteiger partial charge in [0, 0.05) is 23.7 Å². The van der Waals surface area contributed by atoms with Crippen LogP contribution in [0.1, 0.15) is 24.0 Å². The van der Waals surface area contributed by atoms with Crippen LogP contribution >= 0.6 is 11.6 Å². The quantitative estimate of drug-likeness (QED) is 0.507. The number of amides is 1. The van der Waals surface area contributed by atoms with Crippen LogP contribution in [0.25, 0.3) is 11.3 Å². The van der Waals surface area contributed by atoms with Crippen LogP contribution in [-0.4, -0.2) is 42.3 Å². The summed E-state index contributed by atoms with van der Waals surface area (Å²) < 4.78 is 5.80. The first-order chi connectivity index (χ1) is 16.0. The Labute approximate surface area is 199 Å². The topological polar surface area (TPSA) is 67.3 Å². The molecule has 172 valence electrons. The van der Waals surface area contributed by atoms with E-state index in [1.54, 1.807) is 0 Å². The van der Waals surface area contributed by atoms with E-state index in [9.17, 15) is 4.79 Å². The molecule has 7 heteroatoms. The van der Waals surface area contributed by atoms with E-state index in [-0.39, 0.29) is 11.8 Å². The number of nitrogens with zero attached hydrogens (tertiary/aromatic N) is 3. The summed E-state index contributed by atoms with van der Waals surface area (Å²) in [6, 6.07) is 17.6. The number of ether oxygens (including phenoxy) is 1. The van der Waals surface area contributed by atoms with Crippen LogP contribution in [0.15, 0.2) is 54.6 Å². The molecule has 1 N–H and O–H groups in total. The molecule has 0 aliphatic carbocycles. The number of nitrogens with one attached hydrogen (secondary N) is 1. The number of rotatable bonds is 7. The lowest BCUT2D eigenvalue weighted by Gasteiger charge is -2.32. The number of hydrogen-bond acceptors (Lipinski definition) is 5. The number of aryl methyl sites for hydroxylation is 2. The lowest BCUT2D eigenvalue weighted by molar-refractivity contribution is -0.125. The molecule has 2 aromatic carbocycles. The number of hydrogen-bond donors (Lipinski definition) is 1. The number of aromatic nitrogens is 2. The van der Waals surface area contributed by atoms with Crippen molar-refractivity contribution in [1.29, 1.82) is 0 Å². The fraction of sp³-hybridized carbons (Fsp3) is 0.346. The van der Waals surface area contributed by atoms with Crippen molar-refractivity contribution in [3.63, 3.8) is 0 Å². The molecule has 0 radical (unpaired) electrons. The first-order valence-corrected chi connectivity index (χ1v) is 11.7. The van der Waals surface area contributed by atoms with E-state index in [4.69, 9.17) is 16.3 Å². The first-order valence-electron chi connectivity index (χ1n) is 11.3. The Morgan fingerprint density at radius 2 is 1.85 bits per heavy atom. The van der Waals surface area contributed by atoms with Crippen molar-refractivity contribution in [1.82, 2.24) is 15.5 Å². The number of anilines is 1. The van der Waals surface area contributed by atoms with Crippen LogP contribution in [0.3, 0.4) is 0 Å². The van der Waals surface area contributed by atoms with Crippen LogP contribution < -0.4 is 15.0 Å². The van der Waals surface area contributed by atoms with Crippen LogP contribution in [0.2, 0.25) is 5.02 Å². The van der Waals surface area contributed by atoms with Crippen molar-refractivity contribution in [3.05, 3.63) is 70.7 Å². The minimum Gasteiger partial charge on any atom is -0.492 e. The van der Waals surface area contributed by atoms with Gasteiger partial charge in [-0.25, -0.2) is 0 Å². The van der Waals surface area contributed by atoms with Gasteiger partial charge in [0.25, 0.3) is 0 Å². The maximum absolute atomic E-state index is 12.7. The molecule has 0 spiro atoms. The van der Waals surface area contributed by atoms with Crippen molar-refractivity contribution in [3.8, 4) is 17.0 Å². The molecule has 1 amide bonds. The standard InChI is InChI=1S/C26H29ClN4O2/c1-18-14-19(2)16-23(15-18)33-13-11-28-26(32)21-4-3-12-31(17-21)25-10-9-24(29-30-25)20-5-7-22(27)8-6-20/h5-10,14-16,21H,3-4,11-13,17H2,1-2H3,(H,28,32). The van der Waals surface area contributed by atoms with Crippen molar-refractivity contribution in [2.75, 3.05) is 31.1 Å². The predicted octanol–water partition coefficient (Wildman–Crippen LogP) is 4.83. The predicted molar refractivity (Wildman–Crippen MR) is 132 cm³/mol. The minimum atomic E-state index is -0.0716. The third-order valence-corrected chi connectivity index (χ3v) is 6.02. The Hall–Kier alpha value is -3.12. The van der Waals surface area contributed by atoms with Gasteiger partial charge in [-0.1, -0.05) is 29.8 Å². The Morgan fingerprint density at radius 3 is 2.55 bits per heavy atom. The number of piperidine rings is 1. The van der Waals surface area contributed by atoms with Gasteiger partial charge in [-0.3, -0.25) is 4.79 Å². The summed E-state index contributed by atoms with van der Waals surface area (Å²) in [5, 5.41) is 12.5. The monoisotopic (exact) mass is 464 g/mol. The van der Waals surface area contributed by atoms with E-state index in [2.05, 4.69) is 26.5 Å². The van der Waals surface area contributed by atoms with E-state index < -0.39 is 0 Å². The highest BCUT2D eigenvalue weighted by molar-refractivity contribution is 6.30.